The van der Waals surface area contributed by atoms with Gasteiger partial charge in [-0.25, -0.2) is 8.42 Å². The van der Waals surface area contributed by atoms with E-state index in [0.717, 1.165) is 6.42 Å². The molecule has 2 N–H and O–H groups in total. The van der Waals surface area contributed by atoms with E-state index in [1.807, 2.05) is 6.92 Å². The van der Waals surface area contributed by atoms with Gasteiger partial charge in [0.15, 0.2) is 0 Å². The van der Waals surface area contributed by atoms with E-state index in [-0.39, 0.29) is 22.9 Å². The van der Waals surface area contributed by atoms with Crippen molar-refractivity contribution in [2.75, 3.05) is 7.11 Å². The van der Waals surface area contributed by atoms with E-state index in [4.69, 9.17) is 21.4 Å². The highest BCUT2D eigenvalue weighted by Gasteiger charge is 2.25. The summed E-state index contributed by atoms with van der Waals surface area (Å²) in [6, 6.07) is 3.13. The van der Waals surface area contributed by atoms with Gasteiger partial charge in [0.05, 0.1) is 11.5 Å². The van der Waals surface area contributed by atoms with Crippen LogP contribution in [0.3, 0.4) is 0 Å². The molecule has 0 heterocycles. The smallest absolute Gasteiger partial charge is 0.321 e. The molecule has 0 aliphatic heterocycles. The first-order valence-corrected chi connectivity index (χ1v) is 8.69. The summed E-state index contributed by atoms with van der Waals surface area (Å²) in [5.41, 5.74) is 0.593. The number of methoxy groups -OCH3 is 1. The Labute approximate surface area is 135 Å². The Bertz CT molecular complexity index is 618. The van der Waals surface area contributed by atoms with Crippen LogP contribution in [-0.2, 0) is 26.2 Å². The fourth-order valence-electron chi connectivity index (χ4n) is 1.92. The maximum absolute atomic E-state index is 12.3. The van der Waals surface area contributed by atoms with Crippen LogP contribution < -0.4 is 4.72 Å². The fraction of sp³-hybridized carbons (Fsp3) is 0.500. The molecule has 0 spiro atoms. The van der Waals surface area contributed by atoms with Crippen LogP contribution in [0.4, 0.5) is 0 Å². The van der Waals surface area contributed by atoms with Crippen molar-refractivity contribution < 1.29 is 23.1 Å². The van der Waals surface area contributed by atoms with Gasteiger partial charge < -0.3 is 9.84 Å². The number of nitrogens with one attached hydrogen (secondary N) is 1. The molecule has 8 heteroatoms. The summed E-state index contributed by atoms with van der Waals surface area (Å²) in [4.78, 5) is 11.1. The number of carbonyl (C=O) groups is 1. The average molecular weight is 350 g/mol. The largest absolute Gasteiger partial charge is 0.480 e. The molecule has 0 amide bonds. The van der Waals surface area contributed by atoms with E-state index in [9.17, 15) is 13.2 Å². The first-order valence-electron chi connectivity index (χ1n) is 6.83. The number of hydrogen-bond acceptors (Lipinski definition) is 4. The summed E-state index contributed by atoms with van der Waals surface area (Å²) in [5, 5.41) is 9.38. The summed E-state index contributed by atoms with van der Waals surface area (Å²) in [6.07, 6.45) is 1.63. The Hall–Kier alpha value is -1.15. The predicted octanol–water partition coefficient (Wildman–Crippen LogP) is 2.41. The second-order valence-electron chi connectivity index (χ2n) is 4.88. The number of rotatable bonds is 9. The molecule has 124 valence electrons. The lowest BCUT2D eigenvalue weighted by Crippen LogP contribution is -2.40. The summed E-state index contributed by atoms with van der Waals surface area (Å²) < 4.78 is 31.9. The van der Waals surface area contributed by atoms with Crippen LogP contribution in [-0.4, -0.2) is 32.6 Å². The van der Waals surface area contributed by atoms with Crippen molar-refractivity contribution in [1.29, 1.82) is 0 Å². The molecule has 0 bridgehead atoms. The third kappa shape index (κ3) is 5.57. The van der Waals surface area contributed by atoms with Crippen LogP contribution in [0, 0.1) is 0 Å². The van der Waals surface area contributed by atoms with Crippen LogP contribution >= 0.6 is 11.6 Å². The topological polar surface area (TPSA) is 92.7 Å². The lowest BCUT2D eigenvalue weighted by molar-refractivity contribution is -0.139. The highest BCUT2D eigenvalue weighted by atomic mass is 35.5. The molecule has 0 radical (unpaired) electrons. The quantitative estimate of drug-likeness (QED) is 0.714. The molecule has 0 unspecified atom stereocenters. The van der Waals surface area contributed by atoms with E-state index < -0.39 is 22.0 Å². The SMILES string of the molecule is CCCC[C@H](NS(=O)(=O)c1cc(Cl)cc(COC)c1)C(=O)O. The standard InChI is InChI=1S/C14H20ClNO5S/c1-3-4-5-13(14(17)18)16-22(19,20)12-7-10(9-21-2)6-11(15)8-12/h6-8,13,16H,3-5,9H2,1-2H3,(H,17,18)/t13-/m0/s1. The fourth-order valence-corrected chi connectivity index (χ4v) is 3.56. The summed E-state index contributed by atoms with van der Waals surface area (Å²) in [7, 11) is -2.48. The van der Waals surface area contributed by atoms with Crippen molar-refractivity contribution in [2.45, 2.75) is 43.7 Å². The van der Waals surface area contributed by atoms with Gasteiger partial charge in [0.25, 0.3) is 0 Å². The maximum Gasteiger partial charge on any atom is 0.321 e. The maximum atomic E-state index is 12.3. The molecule has 0 aromatic heterocycles. The molecule has 1 rings (SSSR count). The van der Waals surface area contributed by atoms with E-state index in [1.165, 1.54) is 19.2 Å². The Kier molecular flexibility index (Phi) is 7.28. The Morgan fingerprint density at radius 3 is 2.64 bits per heavy atom. The number of aliphatic carboxylic acids is 1. The highest BCUT2D eigenvalue weighted by Crippen LogP contribution is 2.20. The predicted molar refractivity (Wildman–Crippen MR) is 83.4 cm³/mol. The minimum Gasteiger partial charge on any atom is -0.480 e. The number of sulfonamides is 1. The van der Waals surface area contributed by atoms with Gasteiger partial charge in [-0.15, -0.1) is 0 Å². The molecule has 0 saturated heterocycles. The molecule has 0 saturated carbocycles. The van der Waals surface area contributed by atoms with Gasteiger partial charge in [0.1, 0.15) is 6.04 Å². The van der Waals surface area contributed by atoms with Crippen molar-refractivity contribution in [3.05, 3.63) is 28.8 Å². The number of carboxylic acids is 1. The number of halogens is 1. The second-order valence-corrected chi connectivity index (χ2v) is 7.03. The first kappa shape index (κ1) is 18.9. The number of unbranched alkanes of at least 4 members (excludes halogenated alkanes) is 1. The van der Waals surface area contributed by atoms with Gasteiger partial charge in [-0.2, -0.15) is 4.72 Å². The van der Waals surface area contributed by atoms with Gasteiger partial charge in [-0.3, -0.25) is 4.79 Å². The molecule has 1 atom stereocenters. The number of ether oxygens (including phenoxy) is 1. The van der Waals surface area contributed by atoms with Crippen LogP contribution in [0.25, 0.3) is 0 Å². The van der Waals surface area contributed by atoms with Crippen molar-refractivity contribution in [2.24, 2.45) is 0 Å². The van der Waals surface area contributed by atoms with Crippen molar-refractivity contribution >= 4 is 27.6 Å². The summed E-state index contributed by atoms with van der Waals surface area (Å²) in [5.74, 6) is -1.20. The molecular formula is C14H20ClNO5S. The zero-order valence-electron chi connectivity index (χ0n) is 12.5. The van der Waals surface area contributed by atoms with Gasteiger partial charge >= 0.3 is 5.97 Å². The van der Waals surface area contributed by atoms with Gasteiger partial charge in [0, 0.05) is 12.1 Å². The Morgan fingerprint density at radius 1 is 1.41 bits per heavy atom. The zero-order valence-corrected chi connectivity index (χ0v) is 14.1. The molecule has 1 aromatic carbocycles. The number of benzene rings is 1. The zero-order chi connectivity index (χ0) is 16.8. The van der Waals surface area contributed by atoms with Crippen molar-refractivity contribution in [3.8, 4) is 0 Å². The van der Waals surface area contributed by atoms with Crippen LogP contribution in [0.1, 0.15) is 31.7 Å². The van der Waals surface area contributed by atoms with E-state index in [0.29, 0.717) is 12.0 Å². The number of carboxylic acid groups (broad SMARTS) is 1. The number of hydrogen-bond donors (Lipinski definition) is 2. The van der Waals surface area contributed by atoms with E-state index >= 15 is 0 Å². The Morgan fingerprint density at radius 2 is 2.09 bits per heavy atom. The third-order valence-electron chi connectivity index (χ3n) is 2.99. The highest BCUT2D eigenvalue weighted by molar-refractivity contribution is 7.89. The third-order valence-corrected chi connectivity index (χ3v) is 4.66. The lowest BCUT2D eigenvalue weighted by atomic mass is 10.1. The van der Waals surface area contributed by atoms with Gasteiger partial charge in [-0.1, -0.05) is 31.4 Å². The monoisotopic (exact) mass is 349 g/mol. The molecule has 0 aliphatic carbocycles. The molecule has 6 nitrogen and oxygen atoms in total. The molecule has 0 aliphatic rings. The Balaban J connectivity index is 3.04. The molecule has 22 heavy (non-hydrogen) atoms. The van der Waals surface area contributed by atoms with Crippen LogP contribution in [0.15, 0.2) is 23.1 Å². The normalized spacial score (nSPS) is 13.0. The van der Waals surface area contributed by atoms with E-state index in [1.54, 1.807) is 6.07 Å². The minimum atomic E-state index is -3.97. The van der Waals surface area contributed by atoms with Crippen LogP contribution in [0.2, 0.25) is 5.02 Å². The van der Waals surface area contributed by atoms with Crippen LogP contribution in [0.5, 0.6) is 0 Å². The first-order chi connectivity index (χ1) is 10.3. The van der Waals surface area contributed by atoms with Gasteiger partial charge in [0.2, 0.25) is 10.0 Å². The summed E-state index contributed by atoms with van der Waals surface area (Å²) >= 11 is 5.91. The average Bonchev–Trinajstić information content (AvgIpc) is 2.43. The lowest BCUT2D eigenvalue weighted by Gasteiger charge is -2.15. The molecule has 0 fully saturated rings. The van der Waals surface area contributed by atoms with Crippen molar-refractivity contribution in [3.63, 3.8) is 0 Å². The minimum absolute atomic E-state index is 0.0743. The van der Waals surface area contributed by atoms with E-state index in [2.05, 4.69) is 4.72 Å². The van der Waals surface area contributed by atoms with Crippen molar-refractivity contribution in [1.82, 2.24) is 4.72 Å². The summed E-state index contributed by atoms with van der Waals surface area (Å²) in [6.45, 7) is 2.11. The van der Waals surface area contributed by atoms with Gasteiger partial charge in [-0.05, 0) is 30.2 Å². The molecular weight excluding hydrogens is 330 g/mol. The second kappa shape index (κ2) is 8.47. The molecule has 1 aromatic rings.